The lowest BCUT2D eigenvalue weighted by Crippen LogP contribution is -2.71. The van der Waals surface area contributed by atoms with Gasteiger partial charge in [-0.3, -0.25) is 14.5 Å². The second kappa shape index (κ2) is 13.0. The van der Waals surface area contributed by atoms with Gasteiger partial charge in [-0.05, 0) is 26.3 Å². The van der Waals surface area contributed by atoms with Gasteiger partial charge in [0, 0.05) is 23.8 Å². The number of nitrogen functional groups attached to an aromatic ring is 1. The Morgan fingerprint density at radius 3 is 2.63 bits per heavy atom. The highest BCUT2D eigenvalue weighted by Gasteiger charge is 2.55. The third-order valence-electron chi connectivity index (χ3n) is 5.35. The van der Waals surface area contributed by atoms with Crippen LogP contribution in [0.15, 0.2) is 26.1 Å². The van der Waals surface area contributed by atoms with Crippen LogP contribution in [0.25, 0.3) is 0 Å². The van der Waals surface area contributed by atoms with Gasteiger partial charge in [0.05, 0.1) is 6.10 Å². The Balaban J connectivity index is 1.51. The van der Waals surface area contributed by atoms with Crippen LogP contribution in [0.3, 0.4) is 0 Å². The van der Waals surface area contributed by atoms with Crippen molar-refractivity contribution < 1.29 is 38.6 Å². The standard InChI is InChI=1S/C22H25N7O8S4/c1-8(2)35-22(33)37-10(4)36-19(32)15-11(6-40-21-27-26-9(3)41-21)5-38-18-14(17(31)29(15)18)25-16(30)13(28-34)12-7-39-20(23)24-12/h7-8,10,14,18,34H,5-6H2,1-4H3,(H2,23,24)(H,25,30)/b28-13-/t10?,14-,18+/m1/s1. The summed E-state index contributed by atoms with van der Waals surface area (Å²) in [4.78, 5) is 56.5. The van der Waals surface area contributed by atoms with E-state index in [0.717, 1.165) is 16.3 Å². The Morgan fingerprint density at radius 2 is 2.02 bits per heavy atom. The number of aryl methyl sites for hydroxylation is 1. The number of fused-ring (bicyclic) bond motifs is 1. The summed E-state index contributed by atoms with van der Waals surface area (Å²) in [7, 11) is 0. The highest BCUT2D eigenvalue weighted by molar-refractivity contribution is 8.01. The number of amides is 2. The molecular weight excluding hydrogens is 619 g/mol. The van der Waals surface area contributed by atoms with Crippen LogP contribution in [-0.4, -0.2) is 90.3 Å². The molecule has 2 aliphatic heterocycles. The first-order valence-corrected chi connectivity index (χ1v) is 15.6. The molecule has 15 nitrogen and oxygen atoms in total. The number of hydrogen-bond acceptors (Lipinski definition) is 17. The van der Waals surface area contributed by atoms with Crippen LogP contribution in [0.5, 0.6) is 0 Å². The van der Waals surface area contributed by atoms with Gasteiger partial charge in [-0.25, -0.2) is 14.6 Å². The molecule has 1 fully saturated rings. The van der Waals surface area contributed by atoms with Crippen molar-refractivity contribution in [3.8, 4) is 0 Å². The van der Waals surface area contributed by atoms with Gasteiger partial charge in [-0.1, -0.05) is 28.3 Å². The zero-order valence-corrected chi connectivity index (χ0v) is 25.3. The Kier molecular flexibility index (Phi) is 9.72. The molecule has 2 amide bonds. The number of nitrogens with one attached hydrogen (secondary N) is 1. The van der Waals surface area contributed by atoms with Crippen molar-refractivity contribution in [1.29, 1.82) is 0 Å². The summed E-state index contributed by atoms with van der Waals surface area (Å²) >= 11 is 5.11. The summed E-state index contributed by atoms with van der Waals surface area (Å²) in [5, 5.41) is 24.7. The molecule has 0 aliphatic carbocycles. The van der Waals surface area contributed by atoms with E-state index < -0.39 is 53.5 Å². The maximum absolute atomic E-state index is 13.3. The van der Waals surface area contributed by atoms with Gasteiger partial charge in [-0.2, -0.15) is 0 Å². The monoisotopic (exact) mass is 643 g/mol. The van der Waals surface area contributed by atoms with Crippen molar-refractivity contribution in [1.82, 2.24) is 25.4 Å². The molecule has 0 aromatic carbocycles. The maximum Gasteiger partial charge on any atom is 0.511 e. The average molecular weight is 644 g/mol. The van der Waals surface area contributed by atoms with E-state index in [0.29, 0.717) is 21.4 Å². The van der Waals surface area contributed by atoms with Crippen LogP contribution in [0.4, 0.5) is 9.93 Å². The molecule has 41 heavy (non-hydrogen) atoms. The summed E-state index contributed by atoms with van der Waals surface area (Å²) in [5.41, 5.74) is 5.80. The van der Waals surface area contributed by atoms with Crippen molar-refractivity contribution >= 4 is 81.0 Å². The van der Waals surface area contributed by atoms with Crippen molar-refractivity contribution in [3.63, 3.8) is 0 Å². The Hall–Kier alpha value is -3.42. The van der Waals surface area contributed by atoms with Crippen molar-refractivity contribution in [2.24, 2.45) is 5.16 Å². The molecular formula is C22H25N7O8S4. The molecule has 2 aliphatic rings. The minimum absolute atomic E-state index is 0.0195. The number of thioether (sulfide) groups is 2. The fourth-order valence-electron chi connectivity index (χ4n) is 3.67. The van der Waals surface area contributed by atoms with E-state index in [-0.39, 0.29) is 16.5 Å². The molecule has 1 saturated heterocycles. The Morgan fingerprint density at radius 1 is 1.27 bits per heavy atom. The predicted octanol–water partition coefficient (Wildman–Crippen LogP) is 1.96. The van der Waals surface area contributed by atoms with Gasteiger partial charge >= 0.3 is 12.1 Å². The summed E-state index contributed by atoms with van der Waals surface area (Å²) < 4.78 is 15.9. The minimum Gasteiger partial charge on any atom is -0.431 e. The third kappa shape index (κ3) is 7.08. The molecule has 19 heteroatoms. The van der Waals surface area contributed by atoms with Gasteiger partial charge in [0.2, 0.25) is 6.29 Å². The highest BCUT2D eigenvalue weighted by Crippen LogP contribution is 2.42. The molecule has 0 radical (unpaired) electrons. The summed E-state index contributed by atoms with van der Waals surface area (Å²) in [6.45, 7) is 6.44. The Labute approximate surface area is 249 Å². The van der Waals surface area contributed by atoms with Crippen LogP contribution < -0.4 is 11.1 Å². The first-order chi connectivity index (χ1) is 19.5. The number of rotatable bonds is 10. The number of thiazole rings is 1. The first kappa shape index (κ1) is 30.5. The molecule has 4 heterocycles. The topological polar surface area (TPSA) is 209 Å². The number of carbonyl (C=O) groups excluding carboxylic acids is 4. The van der Waals surface area contributed by atoms with Crippen molar-refractivity contribution in [2.45, 2.75) is 55.8 Å². The molecule has 220 valence electrons. The molecule has 0 saturated carbocycles. The molecule has 0 spiro atoms. The largest absolute Gasteiger partial charge is 0.511 e. The summed E-state index contributed by atoms with van der Waals surface area (Å²) in [6, 6.07) is -1.03. The number of nitrogens with zero attached hydrogens (tertiary/aromatic N) is 5. The molecule has 2 aromatic rings. The van der Waals surface area contributed by atoms with Crippen molar-refractivity contribution in [2.75, 3.05) is 17.2 Å². The zero-order chi connectivity index (χ0) is 29.8. The second-order valence-corrected chi connectivity index (χ2v) is 13.1. The molecule has 1 unspecified atom stereocenters. The fourth-order valence-corrected chi connectivity index (χ4v) is 7.52. The highest BCUT2D eigenvalue weighted by atomic mass is 32.2. The number of hydrogen-bond donors (Lipinski definition) is 3. The lowest BCUT2D eigenvalue weighted by molar-refractivity contribution is -0.169. The van der Waals surface area contributed by atoms with Crippen molar-refractivity contribution in [3.05, 3.63) is 27.4 Å². The number of carbonyl (C=O) groups is 4. The number of anilines is 1. The van der Waals surface area contributed by atoms with E-state index in [1.165, 1.54) is 52.1 Å². The van der Waals surface area contributed by atoms with Crippen LogP contribution in [0, 0.1) is 6.92 Å². The van der Waals surface area contributed by atoms with Gasteiger partial charge < -0.3 is 30.5 Å². The number of esters is 1. The summed E-state index contributed by atoms with van der Waals surface area (Å²) in [5.74, 6) is -1.69. The van der Waals surface area contributed by atoms with E-state index in [1.807, 2.05) is 6.92 Å². The van der Waals surface area contributed by atoms with E-state index in [1.54, 1.807) is 13.8 Å². The molecule has 4 rings (SSSR count). The van der Waals surface area contributed by atoms with Gasteiger partial charge in [0.25, 0.3) is 11.8 Å². The van der Waals surface area contributed by atoms with Crippen LogP contribution >= 0.6 is 46.2 Å². The Bertz CT molecular complexity index is 1410. The van der Waals surface area contributed by atoms with E-state index in [2.05, 4.69) is 25.7 Å². The molecule has 0 bridgehead atoms. The molecule has 4 N–H and O–H groups in total. The minimum atomic E-state index is -1.31. The molecule has 3 atom stereocenters. The van der Waals surface area contributed by atoms with Crippen LogP contribution in [0.2, 0.25) is 0 Å². The first-order valence-electron chi connectivity index (χ1n) is 11.9. The normalized spacial score (nSPS) is 19.4. The van der Waals surface area contributed by atoms with E-state index in [4.69, 9.17) is 19.9 Å². The van der Waals surface area contributed by atoms with Gasteiger partial charge in [-0.15, -0.1) is 33.3 Å². The summed E-state index contributed by atoms with van der Waals surface area (Å²) in [6.07, 6.45) is -2.76. The number of ether oxygens (including phenoxy) is 3. The van der Waals surface area contributed by atoms with E-state index in [9.17, 15) is 24.4 Å². The smallest absolute Gasteiger partial charge is 0.431 e. The number of oxime groups is 1. The molecule has 2 aromatic heterocycles. The second-order valence-electron chi connectivity index (χ2n) is 8.72. The number of aromatic nitrogens is 3. The lowest BCUT2D eigenvalue weighted by atomic mass is 10.0. The fraction of sp³-hybridized carbons (Fsp3) is 0.455. The van der Waals surface area contributed by atoms with Gasteiger partial charge in [0.1, 0.15) is 27.8 Å². The quantitative estimate of drug-likeness (QED) is 0.0643. The van der Waals surface area contributed by atoms with Crippen LogP contribution in [0.1, 0.15) is 31.5 Å². The average Bonchev–Trinajstić information content (AvgIpc) is 3.52. The predicted molar refractivity (Wildman–Crippen MR) is 151 cm³/mol. The van der Waals surface area contributed by atoms with Crippen LogP contribution in [-0.2, 0) is 28.6 Å². The SMILES string of the molecule is Cc1nnc(SCC2=C(C(=O)OC(C)OC(=O)OC(C)C)N3C(=O)[C@@H](NC(=O)/C(=N\O)c4csc(N)n4)[C@@H]3SC2)s1. The van der Waals surface area contributed by atoms with Gasteiger partial charge in [0.15, 0.2) is 15.2 Å². The number of nitrogens with two attached hydrogens (primary N) is 1. The van der Waals surface area contributed by atoms with E-state index >= 15 is 0 Å². The lowest BCUT2D eigenvalue weighted by Gasteiger charge is -2.49. The third-order valence-corrected chi connectivity index (χ3v) is 9.42. The zero-order valence-electron chi connectivity index (χ0n) is 22.1. The number of β-lactam (4-membered cyclic amide) rings is 1. The maximum atomic E-state index is 13.3.